The van der Waals surface area contributed by atoms with E-state index in [-0.39, 0.29) is 11.8 Å². The Balaban J connectivity index is 3.00. The highest BCUT2D eigenvalue weighted by molar-refractivity contribution is 5.41. The Morgan fingerprint density at radius 3 is 2.50 bits per heavy atom. The van der Waals surface area contributed by atoms with Crippen LogP contribution in [0.2, 0.25) is 0 Å². The highest BCUT2D eigenvalue weighted by atomic mass is 19.4. The van der Waals surface area contributed by atoms with Gasteiger partial charge in [-0.2, -0.15) is 0 Å². The molecule has 0 heterocycles. The summed E-state index contributed by atoms with van der Waals surface area (Å²) in [6, 6.07) is 4.13. The van der Waals surface area contributed by atoms with Gasteiger partial charge in [0.05, 0.1) is 7.11 Å². The van der Waals surface area contributed by atoms with Crippen LogP contribution in [0.15, 0.2) is 18.2 Å². The molecule has 0 aliphatic rings. The molecule has 2 N–H and O–H groups in total. The van der Waals surface area contributed by atoms with Gasteiger partial charge in [0.1, 0.15) is 11.5 Å². The van der Waals surface area contributed by atoms with Crippen LogP contribution in [0.3, 0.4) is 0 Å². The molecular weight excluding hydrogens is 247 g/mol. The molecule has 0 fully saturated rings. The van der Waals surface area contributed by atoms with Gasteiger partial charge >= 0.3 is 6.36 Å². The molecule has 1 unspecified atom stereocenters. The predicted molar refractivity (Wildman–Crippen MR) is 61.6 cm³/mol. The molecule has 0 spiro atoms. The molecule has 0 radical (unpaired) electrons. The van der Waals surface area contributed by atoms with E-state index < -0.39 is 6.36 Å². The fourth-order valence-corrected chi connectivity index (χ4v) is 1.48. The number of ether oxygens (including phenoxy) is 2. The number of nitrogens with two attached hydrogens (primary N) is 1. The molecule has 3 nitrogen and oxygen atoms in total. The van der Waals surface area contributed by atoms with Gasteiger partial charge < -0.3 is 15.2 Å². The van der Waals surface area contributed by atoms with E-state index in [2.05, 4.69) is 4.74 Å². The lowest BCUT2D eigenvalue weighted by Crippen LogP contribution is -2.23. The SMILES string of the molecule is CCC(N)Cc1ccc(OC)cc1OC(F)(F)F. The zero-order chi connectivity index (χ0) is 13.8. The molecule has 1 aromatic carbocycles. The summed E-state index contributed by atoms with van der Waals surface area (Å²) in [5.41, 5.74) is 6.16. The van der Waals surface area contributed by atoms with Crippen molar-refractivity contribution in [2.45, 2.75) is 32.2 Å². The lowest BCUT2D eigenvalue weighted by molar-refractivity contribution is -0.274. The second-order valence-electron chi connectivity index (χ2n) is 3.89. The van der Waals surface area contributed by atoms with Crippen LogP contribution >= 0.6 is 0 Å². The van der Waals surface area contributed by atoms with Gasteiger partial charge in [0.2, 0.25) is 0 Å². The summed E-state index contributed by atoms with van der Waals surface area (Å²) >= 11 is 0. The molecule has 1 atom stereocenters. The van der Waals surface area contributed by atoms with Crippen LogP contribution in [-0.4, -0.2) is 19.5 Å². The topological polar surface area (TPSA) is 44.5 Å². The summed E-state index contributed by atoms with van der Waals surface area (Å²) in [5.74, 6) is 0.0498. The average molecular weight is 263 g/mol. The van der Waals surface area contributed by atoms with Crippen molar-refractivity contribution in [3.05, 3.63) is 23.8 Å². The van der Waals surface area contributed by atoms with Crippen molar-refractivity contribution in [2.24, 2.45) is 5.73 Å². The molecular formula is C12H16F3NO2. The number of benzene rings is 1. The molecule has 0 aromatic heterocycles. The Labute approximate surface area is 104 Å². The smallest absolute Gasteiger partial charge is 0.497 e. The molecule has 1 rings (SSSR count). The summed E-state index contributed by atoms with van der Waals surface area (Å²) in [5, 5.41) is 0. The van der Waals surface area contributed by atoms with Crippen LogP contribution in [0.5, 0.6) is 11.5 Å². The number of alkyl halides is 3. The third kappa shape index (κ3) is 4.44. The molecule has 0 amide bonds. The maximum Gasteiger partial charge on any atom is 0.573 e. The van der Waals surface area contributed by atoms with E-state index in [0.29, 0.717) is 24.2 Å². The minimum atomic E-state index is -4.72. The average Bonchev–Trinajstić information content (AvgIpc) is 2.29. The maximum atomic E-state index is 12.3. The molecule has 0 aliphatic carbocycles. The molecule has 0 saturated heterocycles. The van der Waals surface area contributed by atoms with Crippen molar-refractivity contribution in [3.8, 4) is 11.5 Å². The summed E-state index contributed by atoms with van der Waals surface area (Å²) < 4.78 is 45.7. The van der Waals surface area contributed by atoms with Crippen molar-refractivity contribution in [2.75, 3.05) is 7.11 Å². The van der Waals surface area contributed by atoms with Crippen LogP contribution in [-0.2, 0) is 6.42 Å². The Morgan fingerprint density at radius 1 is 1.33 bits per heavy atom. The van der Waals surface area contributed by atoms with Gasteiger partial charge in [-0.25, -0.2) is 0 Å². The van der Waals surface area contributed by atoms with Crippen LogP contribution in [0.4, 0.5) is 13.2 Å². The Morgan fingerprint density at radius 2 is 2.00 bits per heavy atom. The van der Waals surface area contributed by atoms with Gasteiger partial charge in [-0.3, -0.25) is 0 Å². The first-order valence-corrected chi connectivity index (χ1v) is 5.54. The fraction of sp³-hybridized carbons (Fsp3) is 0.500. The molecule has 18 heavy (non-hydrogen) atoms. The molecule has 6 heteroatoms. The van der Waals surface area contributed by atoms with E-state index in [1.165, 1.54) is 19.2 Å². The standard InChI is InChI=1S/C12H16F3NO2/c1-3-9(16)6-8-4-5-10(17-2)7-11(8)18-12(13,14)15/h4-5,7,9H,3,6,16H2,1-2H3. The van der Waals surface area contributed by atoms with Crippen molar-refractivity contribution in [1.82, 2.24) is 0 Å². The van der Waals surface area contributed by atoms with Gasteiger partial charge in [0, 0.05) is 12.1 Å². The minimum Gasteiger partial charge on any atom is -0.497 e. The lowest BCUT2D eigenvalue weighted by atomic mass is 10.0. The fourth-order valence-electron chi connectivity index (χ4n) is 1.48. The van der Waals surface area contributed by atoms with Crippen molar-refractivity contribution < 1.29 is 22.6 Å². The largest absolute Gasteiger partial charge is 0.573 e. The second kappa shape index (κ2) is 5.95. The monoisotopic (exact) mass is 263 g/mol. The third-order valence-electron chi connectivity index (χ3n) is 2.51. The quantitative estimate of drug-likeness (QED) is 0.888. The number of hydrogen-bond acceptors (Lipinski definition) is 3. The second-order valence-corrected chi connectivity index (χ2v) is 3.89. The van der Waals surface area contributed by atoms with Gasteiger partial charge in [-0.05, 0) is 24.5 Å². The summed E-state index contributed by atoms with van der Waals surface area (Å²) in [6.45, 7) is 1.87. The summed E-state index contributed by atoms with van der Waals surface area (Å²) in [6.07, 6.45) is -3.72. The molecule has 0 bridgehead atoms. The Bertz CT molecular complexity index is 393. The van der Waals surface area contributed by atoms with Crippen LogP contribution < -0.4 is 15.2 Å². The Hall–Kier alpha value is -1.43. The van der Waals surface area contributed by atoms with Crippen LogP contribution in [0.1, 0.15) is 18.9 Å². The molecule has 0 saturated carbocycles. The molecule has 1 aromatic rings. The first kappa shape index (κ1) is 14.6. The van der Waals surface area contributed by atoms with Crippen LogP contribution in [0.25, 0.3) is 0 Å². The van der Waals surface area contributed by atoms with E-state index >= 15 is 0 Å². The number of hydrogen-bond donors (Lipinski definition) is 1. The maximum absolute atomic E-state index is 12.3. The zero-order valence-corrected chi connectivity index (χ0v) is 10.3. The van der Waals surface area contributed by atoms with Gasteiger partial charge in [0.15, 0.2) is 0 Å². The van der Waals surface area contributed by atoms with Gasteiger partial charge in [-0.1, -0.05) is 13.0 Å². The van der Waals surface area contributed by atoms with Crippen molar-refractivity contribution >= 4 is 0 Å². The van der Waals surface area contributed by atoms with Crippen molar-refractivity contribution in [3.63, 3.8) is 0 Å². The third-order valence-corrected chi connectivity index (χ3v) is 2.51. The first-order chi connectivity index (χ1) is 8.35. The van der Waals surface area contributed by atoms with Gasteiger partial charge in [0.25, 0.3) is 0 Å². The highest BCUT2D eigenvalue weighted by Gasteiger charge is 2.32. The summed E-state index contributed by atoms with van der Waals surface area (Å²) in [4.78, 5) is 0. The molecule has 0 aliphatic heterocycles. The lowest BCUT2D eigenvalue weighted by Gasteiger charge is -2.16. The van der Waals surface area contributed by atoms with E-state index in [9.17, 15) is 13.2 Å². The van der Waals surface area contributed by atoms with E-state index in [4.69, 9.17) is 10.5 Å². The highest BCUT2D eigenvalue weighted by Crippen LogP contribution is 2.30. The molecule has 102 valence electrons. The van der Waals surface area contributed by atoms with E-state index in [1.807, 2.05) is 6.92 Å². The van der Waals surface area contributed by atoms with Gasteiger partial charge in [-0.15, -0.1) is 13.2 Å². The normalized spacial score (nSPS) is 13.2. The van der Waals surface area contributed by atoms with E-state index in [0.717, 1.165) is 0 Å². The zero-order valence-electron chi connectivity index (χ0n) is 10.3. The summed E-state index contributed by atoms with van der Waals surface area (Å²) in [7, 11) is 1.38. The van der Waals surface area contributed by atoms with Crippen LogP contribution in [0, 0.1) is 0 Å². The first-order valence-electron chi connectivity index (χ1n) is 5.54. The minimum absolute atomic E-state index is 0.200. The van der Waals surface area contributed by atoms with E-state index in [1.54, 1.807) is 6.07 Å². The number of halogens is 3. The predicted octanol–water partition coefficient (Wildman–Crippen LogP) is 2.87. The number of rotatable bonds is 5. The number of methoxy groups -OCH3 is 1. The Kier molecular flexibility index (Phi) is 4.84. The van der Waals surface area contributed by atoms with Crippen molar-refractivity contribution in [1.29, 1.82) is 0 Å².